The summed E-state index contributed by atoms with van der Waals surface area (Å²) in [6.45, 7) is 0.0720. The number of rotatable bonds is 7. The highest BCUT2D eigenvalue weighted by molar-refractivity contribution is 5.99. The van der Waals surface area contributed by atoms with Crippen LogP contribution in [0.2, 0.25) is 0 Å². The maximum atomic E-state index is 13.8. The van der Waals surface area contributed by atoms with Gasteiger partial charge in [0.15, 0.2) is 5.78 Å². The first-order valence-corrected chi connectivity index (χ1v) is 13.6. The molecular weight excluding hydrogens is 562 g/mol. The van der Waals surface area contributed by atoms with Gasteiger partial charge in [0.1, 0.15) is 12.4 Å². The molecule has 2 fully saturated rings. The van der Waals surface area contributed by atoms with Gasteiger partial charge in [-0.25, -0.2) is 14.0 Å². The fraction of sp³-hybridized carbons (Fsp3) is 0.448. The number of carbonyl (C=O) groups excluding carboxylic acids is 3. The van der Waals surface area contributed by atoms with E-state index in [4.69, 9.17) is 4.74 Å². The van der Waals surface area contributed by atoms with Gasteiger partial charge in [0.05, 0.1) is 12.1 Å². The van der Waals surface area contributed by atoms with Gasteiger partial charge in [-0.3, -0.25) is 9.59 Å². The zero-order valence-electron chi connectivity index (χ0n) is 22.7. The minimum Gasteiger partial charge on any atom is -0.465 e. The molecule has 2 aliphatic rings. The number of ketones is 1. The minimum absolute atomic E-state index is 0.0379. The van der Waals surface area contributed by atoms with Gasteiger partial charge < -0.3 is 24.5 Å². The number of nitrogens with zero attached hydrogens (tertiary/aromatic N) is 3. The summed E-state index contributed by atoms with van der Waals surface area (Å²) in [7, 11) is 0. The predicted octanol–water partition coefficient (Wildman–Crippen LogP) is 5.05. The van der Waals surface area contributed by atoms with Crippen LogP contribution in [0.1, 0.15) is 47.2 Å². The number of likely N-dealkylation sites (tertiary alicyclic amines) is 2. The number of carbonyl (C=O) groups is 4. The Morgan fingerprint density at radius 1 is 0.952 bits per heavy atom. The van der Waals surface area contributed by atoms with Crippen molar-refractivity contribution in [2.45, 2.75) is 44.5 Å². The molecule has 226 valence electrons. The smallest absolute Gasteiger partial charge is 0.419 e. The van der Waals surface area contributed by atoms with E-state index in [1.807, 2.05) is 6.07 Å². The van der Waals surface area contributed by atoms with Gasteiger partial charge in [-0.1, -0.05) is 30.3 Å². The summed E-state index contributed by atoms with van der Waals surface area (Å²) in [4.78, 5) is 55.0. The summed E-state index contributed by atoms with van der Waals surface area (Å²) >= 11 is 0. The maximum absolute atomic E-state index is 13.8. The summed E-state index contributed by atoms with van der Waals surface area (Å²) in [5, 5.41) is 9.25. The van der Waals surface area contributed by atoms with Crippen LogP contribution >= 0.6 is 0 Å². The lowest BCUT2D eigenvalue weighted by Crippen LogP contribution is -2.55. The lowest BCUT2D eigenvalue weighted by atomic mass is 9.93. The summed E-state index contributed by atoms with van der Waals surface area (Å²) in [6.07, 6.45) is -5.41. The molecule has 2 aromatic rings. The van der Waals surface area contributed by atoms with E-state index in [1.54, 1.807) is 24.3 Å². The Kier molecular flexibility index (Phi) is 9.69. The first kappa shape index (κ1) is 30.8. The quantitative estimate of drug-likeness (QED) is 0.356. The van der Waals surface area contributed by atoms with Crippen LogP contribution in [-0.2, 0) is 22.3 Å². The van der Waals surface area contributed by atoms with E-state index in [2.05, 4.69) is 0 Å². The van der Waals surface area contributed by atoms with Crippen molar-refractivity contribution < 1.29 is 46.6 Å². The minimum atomic E-state index is -5.02. The third kappa shape index (κ3) is 7.56. The first-order valence-electron chi connectivity index (χ1n) is 13.6. The van der Waals surface area contributed by atoms with E-state index < -0.39 is 65.5 Å². The van der Waals surface area contributed by atoms with Crippen molar-refractivity contribution in [2.24, 2.45) is 5.92 Å². The summed E-state index contributed by atoms with van der Waals surface area (Å²) in [5.41, 5.74) is -1.21. The van der Waals surface area contributed by atoms with Crippen LogP contribution in [0.4, 0.5) is 27.2 Å². The molecule has 2 saturated heterocycles. The standard InChI is InChI=1S/C29H31F4N3O6/c30-24-9-8-21(15-23(24)29(31,32)33)25(37)17-36(26(38)20-10-13-34(14-11-20)27(39)40)22-7-4-12-35(16-22)28(41)42-18-19-5-2-1-3-6-19/h1-3,5-6,8-9,15,20,22H,4,7,10-14,16-18H2,(H,39,40). The van der Waals surface area contributed by atoms with Crippen LogP contribution in [0.15, 0.2) is 48.5 Å². The van der Waals surface area contributed by atoms with E-state index in [-0.39, 0.29) is 39.1 Å². The van der Waals surface area contributed by atoms with E-state index >= 15 is 0 Å². The third-order valence-corrected chi connectivity index (χ3v) is 7.61. The molecule has 9 nitrogen and oxygen atoms in total. The second kappa shape index (κ2) is 13.2. The number of carboxylic acid groups (broad SMARTS) is 1. The molecule has 0 bridgehead atoms. The van der Waals surface area contributed by atoms with Crippen LogP contribution < -0.4 is 0 Å². The number of ether oxygens (including phenoxy) is 1. The van der Waals surface area contributed by atoms with Crippen LogP contribution in [0.25, 0.3) is 0 Å². The Hall–Kier alpha value is -4.16. The van der Waals surface area contributed by atoms with Gasteiger partial charge in [-0.15, -0.1) is 0 Å². The van der Waals surface area contributed by atoms with Crippen molar-refractivity contribution in [3.63, 3.8) is 0 Å². The maximum Gasteiger partial charge on any atom is 0.419 e. The van der Waals surface area contributed by atoms with Gasteiger partial charge in [-0.2, -0.15) is 13.2 Å². The van der Waals surface area contributed by atoms with Crippen molar-refractivity contribution in [2.75, 3.05) is 32.7 Å². The second-order valence-corrected chi connectivity index (χ2v) is 10.4. The molecule has 0 spiro atoms. The number of hydrogen-bond donors (Lipinski definition) is 1. The van der Waals surface area contributed by atoms with Gasteiger partial charge in [0.2, 0.25) is 5.91 Å². The van der Waals surface area contributed by atoms with Crippen LogP contribution in [0.5, 0.6) is 0 Å². The van der Waals surface area contributed by atoms with Crippen molar-refractivity contribution in [1.82, 2.24) is 14.7 Å². The molecule has 0 radical (unpaired) electrons. The first-order chi connectivity index (χ1) is 19.9. The Morgan fingerprint density at radius 3 is 2.29 bits per heavy atom. The normalized spacial score (nSPS) is 18.0. The highest BCUT2D eigenvalue weighted by atomic mass is 19.4. The monoisotopic (exact) mass is 593 g/mol. The summed E-state index contributed by atoms with van der Waals surface area (Å²) in [5.74, 6) is -3.40. The number of amides is 3. The molecule has 2 aliphatic heterocycles. The topological polar surface area (TPSA) is 107 Å². The Balaban J connectivity index is 1.52. The van der Waals surface area contributed by atoms with Crippen molar-refractivity contribution in [1.29, 1.82) is 0 Å². The second-order valence-electron chi connectivity index (χ2n) is 10.4. The molecule has 2 heterocycles. The zero-order chi connectivity index (χ0) is 30.4. The third-order valence-electron chi connectivity index (χ3n) is 7.61. The van der Waals surface area contributed by atoms with Gasteiger partial charge >= 0.3 is 18.4 Å². The van der Waals surface area contributed by atoms with E-state index in [0.29, 0.717) is 31.5 Å². The van der Waals surface area contributed by atoms with Crippen LogP contribution in [0.3, 0.4) is 0 Å². The molecule has 4 rings (SSSR count). The van der Waals surface area contributed by atoms with Crippen molar-refractivity contribution >= 4 is 23.9 Å². The van der Waals surface area contributed by atoms with Crippen molar-refractivity contribution in [3.8, 4) is 0 Å². The average molecular weight is 594 g/mol. The molecule has 13 heteroatoms. The highest BCUT2D eigenvalue weighted by Gasteiger charge is 2.38. The van der Waals surface area contributed by atoms with Gasteiger partial charge in [-0.05, 0) is 49.4 Å². The molecule has 1 atom stereocenters. The molecule has 1 unspecified atom stereocenters. The van der Waals surface area contributed by atoms with Crippen LogP contribution in [-0.4, -0.2) is 82.4 Å². The predicted molar refractivity (Wildman–Crippen MR) is 141 cm³/mol. The number of piperidine rings is 2. The van der Waals surface area contributed by atoms with Gasteiger partial charge in [0.25, 0.3) is 0 Å². The number of alkyl halides is 3. The number of hydrogen-bond acceptors (Lipinski definition) is 5. The Morgan fingerprint density at radius 2 is 1.64 bits per heavy atom. The van der Waals surface area contributed by atoms with Crippen molar-refractivity contribution in [3.05, 3.63) is 71.0 Å². The molecule has 0 saturated carbocycles. The molecule has 42 heavy (non-hydrogen) atoms. The fourth-order valence-electron chi connectivity index (χ4n) is 5.29. The molecule has 2 aromatic carbocycles. The summed E-state index contributed by atoms with van der Waals surface area (Å²) < 4.78 is 59.1. The Bertz CT molecular complexity index is 1300. The Labute approximate surface area is 239 Å². The highest BCUT2D eigenvalue weighted by Crippen LogP contribution is 2.32. The average Bonchev–Trinajstić information content (AvgIpc) is 2.98. The number of benzene rings is 2. The molecule has 0 aliphatic carbocycles. The molecule has 0 aromatic heterocycles. The number of halogens is 4. The lowest BCUT2D eigenvalue weighted by Gasteiger charge is -2.41. The van der Waals surface area contributed by atoms with E-state index in [0.717, 1.165) is 11.6 Å². The summed E-state index contributed by atoms with van der Waals surface area (Å²) in [6, 6.07) is 10.3. The molecule has 1 N–H and O–H groups in total. The fourth-order valence-corrected chi connectivity index (χ4v) is 5.29. The zero-order valence-corrected chi connectivity index (χ0v) is 22.7. The van der Waals surface area contributed by atoms with E-state index in [1.165, 1.54) is 14.7 Å². The molecular formula is C29H31F4N3O6. The number of Topliss-reactive ketones (excluding diaryl/α,β-unsaturated/α-hetero) is 1. The SMILES string of the molecule is O=C(CN(C(=O)C1CCN(C(=O)O)CC1)C1CCCN(C(=O)OCc2ccccc2)C1)c1ccc(F)c(C(F)(F)F)c1. The van der Waals surface area contributed by atoms with E-state index in [9.17, 15) is 41.8 Å². The largest absolute Gasteiger partial charge is 0.465 e. The van der Waals surface area contributed by atoms with Gasteiger partial charge in [0, 0.05) is 43.7 Å². The molecule has 3 amide bonds. The lowest BCUT2D eigenvalue weighted by molar-refractivity contribution is -0.140. The van der Waals surface area contributed by atoms with Crippen LogP contribution in [0, 0.1) is 11.7 Å².